The van der Waals surface area contributed by atoms with E-state index in [1.807, 2.05) is 20.8 Å². The van der Waals surface area contributed by atoms with Crippen molar-refractivity contribution in [1.82, 2.24) is 15.1 Å². The summed E-state index contributed by atoms with van der Waals surface area (Å²) < 4.78 is 5.13. The van der Waals surface area contributed by atoms with Gasteiger partial charge in [-0.1, -0.05) is 16.8 Å². The van der Waals surface area contributed by atoms with Crippen molar-refractivity contribution in [2.75, 3.05) is 11.1 Å². The number of nitrogens with one attached hydrogen (secondary N) is 1. The minimum absolute atomic E-state index is 0.0375. The number of rotatable bonds is 3. The number of hydrogen-bond acceptors (Lipinski definition) is 6. The fourth-order valence-electron chi connectivity index (χ4n) is 1.87. The zero-order valence-electron chi connectivity index (χ0n) is 10.4. The van der Waals surface area contributed by atoms with E-state index in [2.05, 4.69) is 20.4 Å². The first-order valence-electron chi connectivity index (χ1n) is 5.46. The SMILES string of the molecule is Cc1noc(C)c1C(C)Nc1ncnc(Cl)c1N. The molecule has 0 radical (unpaired) electrons. The lowest BCUT2D eigenvalue weighted by molar-refractivity contribution is 0.392. The topological polar surface area (TPSA) is 89.9 Å². The lowest BCUT2D eigenvalue weighted by atomic mass is 10.1. The van der Waals surface area contributed by atoms with Crippen molar-refractivity contribution in [3.05, 3.63) is 28.5 Å². The Bertz CT molecular complexity index is 549. The molecule has 2 aromatic rings. The van der Waals surface area contributed by atoms with E-state index in [0.29, 0.717) is 11.5 Å². The number of halogens is 1. The smallest absolute Gasteiger partial charge is 0.157 e. The van der Waals surface area contributed by atoms with Crippen molar-refractivity contribution in [3.8, 4) is 0 Å². The van der Waals surface area contributed by atoms with Crippen LogP contribution >= 0.6 is 11.6 Å². The highest BCUT2D eigenvalue weighted by Crippen LogP contribution is 2.28. The summed E-state index contributed by atoms with van der Waals surface area (Å²) in [6, 6.07) is -0.0375. The fraction of sp³-hybridized carbons (Fsp3) is 0.364. The number of anilines is 2. The predicted molar refractivity (Wildman–Crippen MR) is 69.5 cm³/mol. The third-order valence-electron chi connectivity index (χ3n) is 2.71. The van der Waals surface area contributed by atoms with Crippen molar-refractivity contribution < 1.29 is 4.52 Å². The molecule has 2 rings (SSSR count). The Kier molecular flexibility index (Phi) is 3.38. The number of aromatic nitrogens is 3. The molecule has 18 heavy (non-hydrogen) atoms. The number of aryl methyl sites for hydroxylation is 2. The molecule has 6 nitrogen and oxygen atoms in total. The molecule has 0 aromatic carbocycles. The maximum Gasteiger partial charge on any atom is 0.157 e. The van der Waals surface area contributed by atoms with Gasteiger partial charge in [-0.25, -0.2) is 9.97 Å². The normalized spacial score (nSPS) is 12.4. The lowest BCUT2D eigenvalue weighted by Crippen LogP contribution is -2.11. The van der Waals surface area contributed by atoms with E-state index >= 15 is 0 Å². The maximum atomic E-state index is 5.84. The van der Waals surface area contributed by atoms with Crippen molar-refractivity contribution in [3.63, 3.8) is 0 Å². The van der Waals surface area contributed by atoms with Crippen LogP contribution < -0.4 is 11.1 Å². The summed E-state index contributed by atoms with van der Waals surface area (Å²) in [5.74, 6) is 1.27. The van der Waals surface area contributed by atoms with Crippen LogP contribution in [0.25, 0.3) is 0 Å². The Hall–Kier alpha value is -1.82. The zero-order valence-corrected chi connectivity index (χ0v) is 11.1. The number of nitrogen functional groups attached to an aromatic ring is 1. The summed E-state index contributed by atoms with van der Waals surface area (Å²) in [7, 11) is 0. The lowest BCUT2D eigenvalue weighted by Gasteiger charge is -2.15. The van der Waals surface area contributed by atoms with Crippen LogP contribution in [0, 0.1) is 13.8 Å². The summed E-state index contributed by atoms with van der Waals surface area (Å²) in [5, 5.41) is 7.32. The minimum atomic E-state index is -0.0375. The van der Waals surface area contributed by atoms with Crippen molar-refractivity contribution in [2.24, 2.45) is 0 Å². The van der Waals surface area contributed by atoms with Crippen molar-refractivity contribution in [1.29, 1.82) is 0 Å². The monoisotopic (exact) mass is 267 g/mol. The Morgan fingerprint density at radius 2 is 2.11 bits per heavy atom. The molecule has 2 heterocycles. The zero-order chi connectivity index (χ0) is 13.3. The quantitative estimate of drug-likeness (QED) is 0.831. The second kappa shape index (κ2) is 4.81. The summed E-state index contributed by atoms with van der Waals surface area (Å²) in [4.78, 5) is 7.87. The summed E-state index contributed by atoms with van der Waals surface area (Å²) in [6.45, 7) is 5.73. The third-order valence-corrected chi connectivity index (χ3v) is 3.01. The summed E-state index contributed by atoms with van der Waals surface area (Å²) in [6.07, 6.45) is 1.36. The van der Waals surface area contributed by atoms with Crippen LogP contribution in [0.2, 0.25) is 5.15 Å². The van der Waals surface area contributed by atoms with Gasteiger partial charge in [-0.05, 0) is 20.8 Å². The highest BCUT2D eigenvalue weighted by molar-refractivity contribution is 6.32. The number of nitrogens with zero attached hydrogens (tertiary/aromatic N) is 3. The summed E-state index contributed by atoms with van der Waals surface area (Å²) >= 11 is 5.84. The molecule has 1 unspecified atom stereocenters. The molecule has 0 bridgehead atoms. The third kappa shape index (κ3) is 2.24. The van der Waals surface area contributed by atoms with E-state index in [9.17, 15) is 0 Å². The van der Waals surface area contributed by atoms with Gasteiger partial charge in [-0.3, -0.25) is 0 Å². The molecule has 0 saturated heterocycles. The molecule has 0 saturated carbocycles. The predicted octanol–water partition coefficient (Wildman–Crippen LogP) is 2.49. The van der Waals surface area contributed by atoms with Crippen LogP contribution in [-0.2, 0) is 0 Å². The average molecular weight is 268 g/mol. The Balaban J connectivity index is 2.27. The molecule has 0 aliphatic heterocycles. The van der Waals surface area contributed by atoms with E-state index in [1.54, 1.807) is 0 Å². The van der Waals surface area contributed by atoms with Crippen LogP contribution in [0.1, 0.15) is 30.0 Å². The Morgan fingerprint density at radius 3 is 2.72 bits per heavy atom. The van der Waals surface area contributed by atoms with Gasteiger partial charge in [0.25, 0.3) is 0 Å². The maximum absolute atomic E-state index is 5.84. The van der Waals surface area contributed by atoms with E-state index in [0.717, 1.165) is 17.0 Å². The molecular formula is C11H14ClN5O. The molecule has 3 N–H and O–H groups in total. The van der Waals surface area contributed by atoms with Gasteiger partial charge in [0, 0.05) is 5.56 Å². The largest absolute Gasteiger partial charge is 0.393 e. The minimum Gasteiger partial charge on any atom is -0.393 e. The highest BCUT2D eigenvalue weighted by Gasteiger charge is 2.18. The molecule has 0 aliphatic rings. The van der Waals surface area contributed by atoms with E-state index in [-0.39, 0.29) is 11.2 Å². The molecule has 96 valence electrons. The van der Waals surface area contributed by atoms with Gasteiger partial charge in [0.2, 0.25) is 0 Å². The van der Waals surface area contributed by atoms with Crippen LogP contribution in [-0.4, -0.2) is 15.1 Å². The number of nitrogens with two attached hydrogens (primary N) is 1. The number of hydrogen-bond donors (Lipinski definition) is 2. The van der Waals surface area contributed by atoms with Gasteiger partial charge in [-0.15, -0.1) is 0 Å². The molecular weight excluding hydrogens is 254 g/mol. The Labute approximate surface area is 110 Å². The van der Waals surface area contributed by atoms with Gasteiger partial charge < -0.3 is 15.6 Å². The van der Waals surface area contributed by atoms with Crippen LogP contribution in [0.3, 0.4) is 0 Å². The fourth-order valence-corrected chi connectivity index (χ4v) is 2.01. The molecule has 7 heteroatoms. The van der Waals surface area contributed by atoms with Gasteiger partial charge >= 0.3 is 0 Å². The van der Waals surface area contributed by atoms with Crippen molar-refractivity contribution in [2.45, 2.75) is 26.8 Å². The highest BCUT2D eigenvalue weighted by atomic mass is 35.5. The second-order valence-corrected chi connectivity index (χ2v) is 4.39. The second-order valence-electron chi connectivity index (χ2n) is 4.03. The molecule has 1 atom stereocenters. The van der Waals surface area contributed by atoms with Crippen molar-refractivity contribution >= 4 is 23.1 Å². The first kappa shape index (κ1) is 12.6. The standard InChI is InChI=1S/C11H14ClN5O/c1-5(8-6(2)17-18-7(8)3)16-11-9(13)10(12)14-4-15-11/h4-5H,13H2,1-3H3,(H,14,15,16). The van der Waals surface area contributed by atoms with E-state index in [1.165, 1.54) is 6.33 Å². The van der Waals surface area contributed by atoms with Crippen LogP contribution in [0.4, 0.5) is 11.5 Å². The first-order valence-corrected chi connectivity index (χ1v) is 5.83. The van der Waals surface area contributed by atoms with Gasteiger partial charge in [-0.2, -0.15) is 0 Å². The Morgan fingerprint density at radius 1 is 1.39 bits per heavy atom. The molecule has 0 aliphatic carbocycles. The van der Waals surface area contributed by atoms with Gasteiger partial charge in [0.15, 0.2) is 11.0 Å². The molecule has 2 aromatic heterocycles. The van der Waals surface area contributed by atoms with E-state index < -0.39 is 0 Å². The summed E-state index contributed by atoms with van der Waals surface area (Å²) in [5.41, 5.74) is 7.96. The molecule has 0 amide bonds. The van der Waals surface area contributed by atoms with Gasteiger partial charge in [0.1, 0.15) is 17.8 Å². The van der Waals surface area contributed by atoms with Crippen LogP contribution in [0.15, 0.2) is 10.9 Å². The van der Waals surface area contributed by atoms with E-state index in [4.69, 9.17) is 21.9 Å². The average Bonchev–Trinajstić information content (AvgIpc) is 2.65. The molecule has 0 fully saturated rings. The van der Waals surface area contributed by atoms with Crippen LogP contribution in [0.5, 0.6) is 0 Å². The first-order chi connectivity index (χ1) is 8.50. The molecule has 0 spiro atoms. The van der Waals surface area contributed by atoms with Gasteiger partial charge in [0.05, 0.1) is 11.7 Å².